The van der Waals surface area contributed by atoms with Crippen molar-refractivity contribution in [3.8, 4) is 5.75 Å². The number of carboxylic acids is 1. The summed E-state index contributed by atoms with van der Waals surface area (Å²) >= 11 is 0. The SMILES string of the molecule is CCC(=O)O.O=[N+]([O-])c1cc([N+](=O)[O-])c(O)c([N+](=O)[O-])c1. The Balaban J connectivity index is 0.000000690. The molecule has 1 aromatic carbocycles. The normalized spacial score (nSPS) is 9.19. The first-order chi connectivity index (χ1) is 9.61. The molecule has 2 N–H and O–H groups in total. The Morgan fingerprint density at radius 2 is 1.38 bits per heavy atom. The predicted octanol–water partition coefficient (Wildman–Crippen LogP) is 1.60. The van der Waals surface area contributed by atoms with E-state index in [1.165, 1.54) is 0 Å². The molecule has 0 spiro atoms. The molecule has 21 heavy (non-hydrogen) atoms. The minimum Gasteiger partial charge on any atom is -0.497 e. The molecule has 0 radical (unpaired) electrons. The number of aliphatic carboxylic acids is 1. The highest BCUT2D eigenvalue weighted by Gasteiger charge is 2.30. The second-order valence-electron chi connectivity index (χ2n) is 3.35. The van der Waals surface area contributed by atoms with Crippen LogP contribution in [0.25, 0.3) is 0 Å². The first-order valence-corrected chi connectivity index (χ1v) is 5.13. The molecule has 1 aromatic rings. The zero-order valence-corrected chi connectivity index (χ0v) is 10.5. The van der Waals surface area contributed by atoms with Crippen LogP contribution in [0.1, 0.15) is 13.3 Å². The van der Waals surface area contributed by atoms with Crippen LogP contribution >= 0.6 is 0 Å². The average molecular weight is 303 g/mol. The number of benzene rings is 1. The number of phenolic OH excluding ortho intramolecular Hbond substituents is 1. The molecule has 0 aliphatic heterocycles. The molecule has 0 atom stereocenters. The minimum atomic E-state index is -1.21. The van der Waals surface area contributed by atoms with Crippen molar-refractivity contribution >= 4 is 23.0 Å². The van der Waals surface area contributed by atoms with Gasteiger partial charge >= 0.3 is 17.3 Å². The molecular weight excluding hydrogens is 294 g/mol. The molecule has 0 saturated carbocycles. The van der Waals surface area contributed by atoms with E-state index in [4.69, 9.17) is 10.2 Å². The third kappa shape index (κ3) is 5.06. The number of carbonyl (C=O) groups is 1. The van der Waals surface area contributed by atoms with Crippen molar-refractivity contribution in [1.29, 1.82) is 0 Å². The maximum atomic E-state index is 10.4. The standard InChI is InChI=1S/C6H3N3O7.C3H6O2/c10-6-4(8(13)14)1-3(7(11)12)2-5(6)9(15)16;1-2-3(4)5/h1-2,10H;2H2,1H3,(H,4,5). The summed E-state index contributed by atoms with van der Waals surface area (Å²) in [6.07, 6.45) is 0.222. The second-order valence-corrected chi connectivity index (χ2v) is 3.35. The van der Waals surface area contributed by atoms with Crippen LogP contribution in [-0.2, 0) is 4.79 Å². The number of phenols is 1. The van der Waals surface area contributed by atoms with Crippen molar-refractivity contribution in [2.75, 3.05) is 0 Å². The van der Waals surface area contributed by atoms with Gasteiger partial charge in [0.15, 0.2) is 0 Å². The summed E-state index contributed by atoms with van der Waals surface area (Å²) in [5.74, 6) is -1.95. The van der Waals surface area contributed by atoms with E-state index in [1.807, 2.05) is 0 Å². The Hall–Kier alpha value is -3.31. The van der Waals surface area contributed by atoms with Gasteiger partial charge in [-0.15, -0.1) is 0 Å². The maximum absolute atomic E-state index is 10.4. The van der Waals surface area contributed by atoms with Crippen molar-refractivity contribution in [3.63, 3.8) is 0 Å². The van der Waals surface area contributed by atoms with Gasteiger partial charge in [0, 0.05) is 6.42 Å². The van der Waals surface area contributed by atoms with Gasteiger partial charge in [-0.3, -0.25) is 35.1 Å². The van der Waals surface area contributed by atoms with Gasteiger partial charge in [0.2, 0.25) is 0 Å². The summed E-state index contributed by atoms with van der Waals surface area (Å²) < 4.78 is 0. The third-order valence-corrected chi connectivity index (χ3v) is 1.96. The number of non-ortho nitro benzene ring substituents is 1. The summed E-state index contributed by atoms with van der Waals surface area (Å²) in [7, 11) is 0. The van der Waals surface area contributed by atoms with E-state index < -0.39 is 43.6 Å². The Morgan fingerprint density at radius 1 is 1.05 bits per heavy atom. The van der Waals surface area contributed by atoms with Crippen LogP contribution in [0.3, 0.4) is 0 Å². The molecule has 12 heteroatoms. The molecule has 12 nitrogen and oxygen atoms in total. The quantitative estimate of drug-likeness (QED) is 0.614. The zero-order chi connectivity index (χ0) is 16.7. The fraction of sp³-hybridized carbons (Fsp3) is 0.222. The van der Waals surface area contributed by atoms with E-state index in [-0.39, 0.29) is 6.42 Å². The van der Waals surface area contributed by atoms with Crippen molar-refractivity contribution in [2.24, 2.45) is 0 Å². The molecule has 0 aromatic heterocycles. The van der Waals surface area contributed by atoms with Crippen molar-refractivity contribution < 1.29 is 29.8 Å². The first-order valence-electron chi connectivity index (χ1n) is 5.13. The fourth-order valence-electron chi connectivity index (χ4n) is 0.974. The summed E-state index contributed by atoms with van der Waals surface area (Å²) in [5, 5.41) is 47.9. The number of aromatic hydroxyl groups is 1. The van der Waals surface area contributed by atoms with Gasteiger partial charge in [0.05, 0.1) is 26.9 Å². The molecular formula is C9H9N3O9. The van der Waals surface area contributed by atoms with Crippen LogP contribution in [0.2, 0.25) is 0 Å². The largest absolute Gasteiger partial charge is 0.497 e. The topological polar surface area (TPSA) is 187 Å². The van der Waals surface area contributed by atoms with Crippen LogP contribution in [0, 0.1) is 30.3 Å². The van der Waals surface area contributed by atoms with Crippen LogP contribution in [0.4, 0.5) is 17.1 Å². The number of nitro benzene ring substituents is 3. The first kappa shape index (κ1) is 17.7. The van der Waals surface area contributed by atoms with Gasteiger partial charge in [-0.1, -0.05) is 6.92 Å². The van der Waals surface area contributed by atoms with E-state index in [0.29, 0.717) is 12.1 Å². The summed E-state index contributed by atoms with van der Waals surface area (Å²) in [6, 6.07) is 0.894. The highest BCUT2D eigenvalue weighted by molar-refractivity contribution is 5.66. The maximum Gasteiger partial charge on any atom is 0.324 e. The van der Waals surface area contributed by atoms with Crippen LogP contribution in [0.15, 0.2) is 12.1 Å². The monoisotopic (exact) mass is 303 g/mol. The zero-order valence-electron chi connectivity index (χ0n) is 10.5. The second kappa shape index (κ2) is 7.32. The smallest absolute Gasteiger partial charge is 0.324 e. The van der Waals surface area contributed by atoms with Gasteiger partial charge in [-0.05, 0) is 0 Å². The van der Waals surface area contributed by atoms with Gasteiger partial charge in [0.25, 0.3) is 11.4 Å². The van der Waals surface area contributed by atoms with Gasteiger partial charge in [0.1, 0.15) is 0 Å². The van der Waals surface area contributed by atoms with Crippen molar-refractivity contribution in [3.05, 3.63) is 42.5 Å². The molecule has 0 amide bonds. The highest BCUT2D eigenvalue weighted by Crippen LogP contribution is 2.38. The average Bonchev–Trinajstić information content (AvgIpc) is 2.38. The predicted molar refractivity (Wildman–Crippen MR) is 66.0 cm³/mol. The number of hydrogen-bond acceptors (Lipinski definition) is 8. The molecule has 0 aliphatic rings. The Morgan fingerprint density at radius 3 is 1.57 bits per heavy atom. The number of nitro groups is 3. The molecule has 1 rings (SSSR count). The van der Waals surface area contributed by atoms with E-state index in [9.17, 15) is 35.1 Å². The van der Waals surface area contributed by atoms with E-state index in [0.717, 1.165) is 0 Å². The number of carboxylic acid groups (broad SMARTS) is 1. The lowest BCUT2D eigenvalue weighted by Crippen LogP contribution is -1.97. The Kier molecular flexibility index (Phi) is 6.17. The van der Waals surface area contributed by atoms with Crippen LogP contribution in [-0.4, -0.2) is 31.0 Å². The number of hydrogen-bond donors (Lipinski definition) is 2. The fourth-order valence-corrected chi connectivity index (χ4v) is 0.974. The van der Waals surface area contributed by atoms with Gasteiger partial charge in [-0.2, -0.15) is 0 Å². The third-order valence-electron chi connectivity index (χ3n) is 1.96. The lowest BCUT2D eigenvalue weighted by atomic mass is 10.2. The lowest BCUT2D eigenvalue weighted by molar-refractivity contribution is -0.404. The summed E-state index contributed by atoms with van der Waals surface area (Å²) in [5.41, 5.74) is -3.00. The molecule has 0 aliphatic carbocycles. The lowest BCUT2D eigenvalue weighted by Gasteiger charge is -1.97. The Bertz CT molecular complexity index is 563. The van der Waals surface area contributed by atoms with E-state index in [2.05, 4.69) is 0 Å². The number of rotatable bonds is 4. The van der Waals surface area contributed by atoms with Crippen molar-refractivity contribution in [2.45, 2.75) is 13.3 Å². The number of nitrogens with zero attached hydrogens (tertiary/aromatic N) is 3. The van der Waals surface area contributed by atoms with Gasteiger partial charge in [-0.25, -0.2) is 0 Å². The highest BCUT2D eigenvalue weighted by atomic mass is 16.6. The molecule has 0 saturated heterocycles. The molecule has 0 heterocycles. The summed E-state index contributed by atoms with van der Waals surface area (Å²) in [6.45, 7) is 1.60. The van der Waals surface area contributed by atoms with Crippen molar-refractivity contribution in [1.82, 2.24) is 0 Å². The van der Waals surface area contributed by atoms with E-state index >= 15 is 0 Å². The minimum absolute atomic E-state index is 0.222. The Labute approximate surface area is 115 Å². The van der Waals surface area contributed by atoms with Crippen LogP contribution in [0.5, 0.6) is 5.75 Å². The molecule has 114 valence electrons. The molecule has 0 unspecified atom stereocenters. The van der Waals surface area contributed by atoms with Crippen LogP contribution < -0.4 is 0 Å². The molecule has 0 bridgehead atoms. The van der Waals surface area contributed by atoms with E-state index in [1.54, 1.807) is 6.92 Å². The van der Waals surface area contributed by atoms with Gasteiger partial charge < -0.3 is 10.2 Å². The molecule has 0 fully saturated rings. The summed E-state index contributed by atoms with van der Waals surface area (Å²) in [4.78, 5) is 37.1.